The van der Waals surface area contributed by atoms with E-state index in [-0.39, 0.29) is 11.3 Å². The summed E-state index contributed by atoms with van der Waals surface area (Å²) in [4.78, 5) is 13.2. The van der Waals surface area contributed by atoms with Crippen molar-refractivity contribution in [2.45, 2.75) is 258 Å². The second-order valence-corrected chi connectivity index (χ2v) is 17.3. The van der Waals surface area contributed by atoms with E-state index >= 15 is 0 Å². The van der Waals surface area contributed by atoms with E-state index in [9.17, 15) is 9.90 Å². The van der Waals surface area contributed by atoms with E-state index in [0.29, 0.717) is 5.75 Å². The van der Waals surface area contributed by atoms with E-state index < -0.39 is 5.97 Å². The lowest BCUT2D eigenvalue weighted by atomic mass is 10.0. The van der Waals surface area contributed by atoms with Gasteiger partial charge in [-0.3, -0.25) is 0 Å². The van der Waals surface area contributed by atoms with Crippen LogP contribution in [0.25, 0.3) is 0 Å². The van der Waals surface area contributed by atoms with Crippen molar-refractivity contribution < 1.29 is 14.6 Å². The first kappa shape index (κ1) is 49.9. The summed E-state index contributed by atoms with van der Waals surface area (Å²) in [6, 6.07) is 13.4. The summed E-state index contributed by atoms with van der Waals surface area (Å²) in [5, 5.41) is 11.0. The monoisotopic (exact) mass is 775 g/mol. The SMILES string of the molecule is CCCCCCCCCCCCCCCCCCCCc1ccccc1OC(=O)c1cccc(CCCCCCCCCCCCCCCCCCCC)c1O. The van der Waals surface area contributed by atoms with Crippen LogP contribution in [-0.2, 0) is 12.8 Å². The number of aryl methyl sites for hydroxylation is 2. The number of hydrogen-bond donors (Lipinski definition) is 1. The highest BCUT2D eigenvalue weighted by Crippen LogP contribution is 2.28. The van der Waals surface area contributed by atoms with Gasteiger partial charge in [-0.2, -0.15) is 0 Å². The zero-order valence-electron chi connectivity index (χ0n) is 37.2. The van der Waals surface area contributed by atoms with Crippen molar-refractivity contribution in [1.29, 1.82) is 0 Å². The van der Waals surface area contributed by atoms with Crippen LogP contribution in [-0.4, -0.2) is 11.1 Å². The molecule has 0 aliphatic rings. The van der Waals surface area contributed by atoms with Crippen molar-refractivity contribution in [1.82, 2.24) is 0 Å². The molecule has 3 nitrogen and oxygen atoms in total. The smallest absolute Gasteiger partial charge is 0.347 e. The van der Waals surface area contributed by atoms with Crippen molar-refractivity contribution >= 4 is 5.97 Å². The molecule has 2 aromatic carbocycles. The van der Waals surface area contributed by atoms with Gasteiger partial charge in [0, 0.05) is 0 Å². The number of benzene rings is 2. The molecule has 0 aliphatic carbocycles. The number of phenolic OH excluding ortho intramolecular Hbond substituents is 1. The quantitative estimate of drug-likeness (QED) is 0.0417. The molecule has 0 bridgehead atoms. The normalized spacial score (nSPS) is 11.4. The molecule has 2 rings (SSSR count). The molecule has 0 atom stereocenters. The number of phenols is 1. The Morgan fingerprint density at radius 1 is 0.393 bits per heavy atom. The number of aromatic hydroxyl groups is 1. The van der Waals surface area contributed by atoms with Crippen LogP contribution in [0, 0.1) is 0 Å². The molecular formula is C53H90O3. The van der Waals surface area contributed by atoms with Gasteiger partial charge < -0.3 is 9.84 Å². The van der Waals surface area contributed by atoms with Crippen LogP contribution in [0.15, 0.2) is 42.5 Å². The Morgan fingerprint density at radius 2 is 0.696 bits per heavy atom. The summed E-state index contributed by atoms with van der Waals surface area (Å²) >= 11 is 0. The Balaban J connectivity index is 1.50. The van der Waals surface area contributed by atoms with Crippen LogP contribution in [0.3, 0.4) is 0 Å². The molecule has 0 fully saturated rings. The lowest BCUT2D eigenvalue weighted by Crippen LogP contribution is -2.11. The molecule has 3 heteroatoms. The van der Waals surface area contributed by atoms with Crippen LogP contribution in [0.5, 0.6) is 11.5 Å². The van der Waals surface area contributed by atoms with Crippen molar-refractivity contribution in [3.8, 4) is 11.5 Å². The summed E-state index contributed by atoms with van der Waals surface area (Å²) in [7, 11) is 0. The van der Waals surface area contributed by atoms with Crippen LogP contribution >= 0.6 is 0 Å². The Bertz CT molecular complexity index is 1170. The number of para-hydroxylation sites is 2. The van der Waals surface area contributed by atoms with Crippen molar-refractivity contribution in [3.63, 3.8) is 0 Å². The molecule has 0 spiro atoms. The average molecular weight is 775 g/mol. The first-order valence-electron chi connectivity index (χ1n) is 24.8. The molecule has 0 heterocycles. The van der Waals surface area contributed by atoms with E-state index in [0.717, 1.165) is 36.8 Å². The molecule has 320 valence electrons. The van der Waals surface area contributed by atoms with E-state index in [4.69, 9.17) is 4.74 Å². The average Bonchev–Trinajstić information content (AvgIpc) is 3.21. The predicted molar refractivity (Wildman–Crippen MR) is 244 cm³/mol. The highest BCUT2D eigenvalue weighted by atomic mass is 16.5. The minimum Gasteiger partial charge on any atom is -0.507 e. The van der Waals surface area contributed by atoms with Gasteiger partial charge in [0.25, 0.3) is 0 Å². The Labute approximate surface area is 348 Å². The van der Waals surface area contributed by atoms with Gasteiger partial charge in [0.15, 0.2) is 0 Å². The topological polar surface area (TPSA) is 46.5 Å². The molecule has 0 unspecified atom stereocenters. The molecule has 56 heavy (non-hydrogen) atoms. The third-order valence-corrected chi connectivity index (χ3v) is 12.1. The van der Waals surface area contributed by atoms with Gasteiger partial charge >= 0.3 is 5.97 Å². The van der Waals surface area contributed by atoms with Crippen molar-refractivity contribution in [3.05, 3.63) is 59.2 Å². The minimum atomic E-state index is -0.465. The maximum atomic E-state index is 13.2. The second-order valence-electron chi connectivity index (χ2n) is 17.3. The van der Waals surface area contributed by atoms with Gasteiger partial charge in [0.05, 0.1) is 0 Å². The third-order valence-electron chi connectivity index (χ3n) is 12.1. The Hall–Kier alpha value is -2.29. The molecule has 0 amide bonds. The molecule has 1 N–H and O–H groups in total. The minimum absolute atomic E-state index is 0.0884. The van der Waals surface area contributed by atoms with Crippen molar-refractivity contribution in [2.24, 2.45) is 0 Å². The fourth-order valence-corrected chi connectivity index (χ4v) is 8.36. The van der Waals surface area contributed by atoms with Crippen LogP contribution < -0.4 is 4.74 Å². The van der Waals surface area contributed by atoms with Crippen LogP contribution in [0.4, 0.5) is 0 Å². The van der Waals surface area contributed by atoms with E-state index in [1.807, 2.05) is 30.3 Å². The van der Waals surface area contributed by atoms with E-state index in [2.05, 4.69) is 19.9 Å². The number of carbonyl (C=O) groups is 1. The number of hydrogen-bond acceptors (Lipinski definition) is 3. The maximum absolute atomic E-state index is 13.2. The number of unbranched alkanes of at least 4 members (excludes halogenated alkanes) is 34. The van der Waals surface area contributed by atoms with Gasteiger partial charge in [-0.1, -0.05) is 262 Å². The van der Waals surface area contributed by atoms with Crippen molar-refractivity contribution in [2.75, 3.05) is 0 Å². The lowest BCUT2D eigenvalue weighted by Gasteiger charge is -2.12. The van der Waals surface area contributed by atoms with E-state index in [1.54, 1.807) is 6.07 Å². The van der Waals surface area contributed by atoms with Gasteiger partial charge in [0.2, 0.25) is 0 Å². The van der Waals surface area contributed by atoms with Crippen LogP contribution in [0.1, 0.15) is 266 Å². The standard InChI is InChI=1S/C53H90O3/c1-3-5-7-9-11-13-15-17-19-21-23-25-27-29-31-33-35-37-42-48-43-39-40-47-51(48)56-53(55)50-46-41-45-49(52(50)54)44-38-36-34-32-30-28-26-24-22-20-18-16-14-12-10-8-6-4-2/h39-41,43,45-47,54H,3-38,42,44H2,1-2H3. The highest BCUT2D eigenvalue weighted by Gasteiger charge is 2.17. The largest absolute Gasteiger partial charge is 0.507 e. The first-order valence-corrected chi connectivity index (χ1v) is 24.8. The molecule has 0 aromatic heterocycles. The fraction of sp³-hybridized carbons (Fsp3) is 0.755. The van der Waals surface area contributed by atoms with E-state index in [1.165, 1.54) is 218 Å². The first-order chi connectivity index (χ1) is 27.7. The summed E-state index contributed by atoms with van der Waals surface area (Å²) in [5.74, 6) is 0.246. The zero-order valence-corrected chi connectivity index (χ0v) is 37.2. The van der Waals surface area contributed by atoms with Gasteiger partial charge in [-0.05, 0) is 48.9 Å². The number of ether oxygens (including phenoxy) is 1. The summed E-state index contributed by atoms with van der Waals surface area (Å²) in [5.41, 5.74) is 2.20. The summed E-state index contributed by atoms with van der Waals surface area (Å²) < 4.78 is 5.90. The predicted octanol–water partition coefficient (Wildman–Crippen LogP) is 17.8. The lowest BCUT2D eigenvalue weighted by molar-refractivity contribution is 0.0729. The third kappa shape index (κ3) is 26.6. The molecule has 0 radical (unpaired) electrons. The zero-order chi connectivity index (χ0) is 40.0. The van der Waals surface area contributed by atoms with Gasteiger partial charge in [-0.25, -0.2) is 4.79 Å². The van der Waals surface area contributed by atoms with Gasteiger partial charge in [0.1, 0.15) is 17.1 Å². The molecule has 2 aromatic rings. The van der Waals surface area contributed by atoms with Gasteiger partial charge in [-0.15, -0.1) is 0 Å². The molecule has 0 saturated carbocycles. The second kappa shape index (κ2) is 37.0. The fourth-order valence-electron chi connectivity index (χ4n) is 8.36. The number of esters is 1. The summed E-state index contributed by atoms with van der Waals surface area (Å²) in [6.07, 6.45) is 50.9. The molecular weight excluding hydrogens is 685 g/mol. The Morgan fingerprint density at radius 3 is 1.07 bits per heavy atom. The maximum Gasteiger partial charge on any atom is 0.347 e. The highest BCUT2D eigenvalue weighted by molar-refractivity contribution is 5.94. The Kier molecular flexibility index (Phi) is 32.9. The van der Waals surface area contributed by atoms with Crippen LogP contribution in [0.2, 0.25) is 0 Å². The molecule has 0 aliphatic heterocycles. The summed E-state index contributed by atoms with van der Waals surface area (Å²) in [6.45, 7) is 4.58. The number of rotatable bonds is 40. The molecule has 0 saturated heterocycles. The number of carbonyl (C=O) groups excluding carboxylic acids is 1.